The topological polar surface area (TPSA) is 26.3 Å². The van der Waals surface area contributed by atoms with E-state index in [0.717, 1.165) is 18.4 Å². The second kappa shape index (κ2) is 3.76. The fourth-order valence-electron chi connectivity index (χ4n) is 3.38. The molecular weight excluding hydrogens is 200 g/mol. The summed E-state index contributed by atoms with van der Waals surface area (Å²) in [4.78, 5) is 12.3. The summed E-state index contributed by atoms with van der Waals surface area (Å²) < 4.78 is 5.14. The van der Waals surface area contributed by atoms with E-state index >= 15 is 0 Å². The monoisotopic (exact) mass is 220 g/mol. The largest absolute Gasteiger partial charge is 0.504 e. The standard InChI is InChI=1S/C14H20O2/c1-9(2)7-14-10(3)12(13(14)15)6-5-11(14)8-16-4/h7-8,10,12H,5-6H2,1-4H3/b11-8+/t10-,12+,14+/m0/s1. The Labute approximate surface area is 97.4 Å². The van der Waals surface area contributed by atoms with Crippen molar-refractivity contribution in [1.29, 1.82) is 0 Å². The molecule has 88 valence electrons. The molecule has 3 rings (SSSR count). The highest BCUT2D eigenvalue weighted by atomic mass is 16.5. The van der Waals surface area contributed by atoms with Crippen molar-refractivity contribution in [3.63, 3.8) is 0 Å². The molecule has 0 spiro atoms. The maximum absolute atomic E-state index is 12.3. The van der Waals surface area contributed by atoms with Gasteiger partial charge in [0.1, 0.15) is 0 Å². The molecule has 3 fully saturated rings. The normalized spacial score (nSPS) is 39.2. The Bertz CT molecular complexity index is 374. The third kappa shape index (κ3) is 1.28. The first-order chi connectivity index (χ1) is 7.54. The van der Waals surface area contributed by atoms with Gasteiger partial charge in [0.15, 0.2) is 5.78 Å². The van der Waals surface area contributed by atoms with Gasteiger partial charge in [-0.3, -0.25) is 4.79 Å². The number of rotatable bonds is 2. The highest BCUT2D eigenvalue weighted by Crippen LogP contribution is 2.60. The van der Waals surface area contributed by atoms with E-state index in [1.165, 1.54) is 5.57 Å². The molecule has 0 heterocycles. The van der Waals surface area contributed by atoms with Gasteiger partial charge < -0.3 is 4.74 Å². The van der Waals surface area contributed by atoms with E-state index in [-0.39, 0.29) is 11.3 Å². The number of ketones is 1. The third-order valence-electron chi connectivity index (χ3n) is 4.10. The fraction of sp³-hybridized carbons (Fsp3) is 0.643. The smallest absolute Gasteiger partial charge is 0.150 e. The molecule has 0 aliphatic heterocycles. The zero-order valence-corrected chi connectivity index (χ0v) is 10.5. The molecule has 0 aromatic carbocycles. The van der Waals surface area contributed by atoms with Crippen LogP contribution >= 0.6 is 0 Å². The van der Waals surface area contributed by atoms with E-state index in [2.05, 4.69) is 26.8 Å². The van der Waals surface area contributed by atoms with Gasteiger partial charge in [-0.05, 0) is 38.2 Å². The van der Waals surface area contributed by atoms with E-state index in [1.807, 2.05) is 0 Å². The number of carbonyl (C=O) groups is 1. The maximum atomic E-state index is 12.3. The first-order valence-electron chi connectivity index (χ1n) is 5.96. The Hall–Kier alpha value is -1.05. The summed E-state index contributed by atoms with van der Waals surface area (Å²) in [6.45, 7) is 6.30. The molecule has 3 saturated carbocycles. The Kier molecular flexibility index (Phi) is 2.69. The molecule has 0 N–H and O–H groups in total. The zero-order chi connectivity index (χ0) is 11.9. The highest BCUT2D eigenvalue weighted by Gasteiger charge is 2.62. The zero-order valence-electron chi connectivity index (χ0n) is 10.5. The van der Waals surface area contributed by atoms with Gasteiger partial charge in [-0.2, -0.15) is 0 Å². The third-order valence-corrected chi connectivity index (χ3v) is 4.10. The van der Waals surface area contributed by atoms with Crippen molar-refractivity contribution < 1.29 is 9.53 Å². The lowest BCUT2D eigenvalue weighted by atomic mass is 9.45. The Morgan fingerprint density at radius 2 is 2.19 bits per heavy atom. The van der Waals surface area contributed by atoms with E-state index < -0.39 is 0 Å². The molecule has 0 amide bonds. The minimum absolute atomic E-state index is 0.282. The van der Waals surface area contributed by atoms with Crippen molar-refractivity contribution in [1.82, 2.24) is 0 Å². The molecular formula is C14H20O2. The number of Topliss-reactive ketones (excluding diaryl/α,β-unsaturated/α-hetero) is 1. The highest BCUT2D eigenvalue weighted by molar-refractivity contribution is 5.99. The van der Waals surface area contributed by atoms with Gasteiger partial charge in [0.2, 0.25) is 0 Å². The number of ether oxygens (including phenoxy) is 1. The summed E-state index contributed by atoms with van der Waals surface area (Å²) in [6, 6.07) is 0. The molecule has 0 aromatic rings. The molecule has 3 aliphatic carbocycles. The predicted molar refractivity (Wildman–Crippen MR) is 63.9 cm³/mol. The summed E-state index contributed by atoms with van der Waals surface area (Å²) in [6.07, 6.45) is 5.91. The number of hydrogen-bond donors (Lipinski definition) is 0. The molecule has 0 radical (unpaired) electrons. The summed E-state index contributed by atoms with van der Waals surface area (Å²) >= 11 is 0. The molecule has 0 unspecified atom stereocenters. The van der Waals surface area contributed by atoms with E-state index in [9.17, 15) is 4.79 Å². The number of allylic oxidation sites excluding steroid dienone is 3. The second-order valence-corrected chi connectivity index (χ2v) is 5.27. The number of fused-ring (bicyclic) bond motifs is 2. The van der Waals surface area contributed by atoms with Crippen LogP contribution in [-0.2, 0) is 9.53 Å². The van der Waals surface area contributed by atoms with Gasteiger partial charge in [0, 0.05) is 5.92 Å². The van der Waals surface area contributed by atoms with Crippen molar-refractivity contribution in [3.05, 3.63) is 23.5 Å². The number of carbonyl (C=O) groups excluding carboxylic acids is 1. The van der Waals surface area contributed by atoms with Gasteiger partial charge >= 0.3 is 0 Å². The summed E-state index contributed by atoms with van der Waals surface area (Å²) in [5.41, 5.74) is 2.04. The predicted octanol–water partition coefficient (Wildman–Crippen LogP) is 3.10. The van der Waals surface area contributed by atoms with Crippen LogP contribution in [0, 0.1) is 17.3 Å². The molecule has 2 heteroatoms. The first-order valence-corrected chi connectivity index (χ1v) is 5.96. The van der Waals surface area contributed by atoms with Crippen molar-refractivity contribution >= 4 is 5.78 Å². The minimum Gasteiger partial charge on any atom is -0.504 e. The average molecular weight is 220 g/mol. The van der Waals surface area contributed by atoms with Crippen LogP contribution in [0.25, 0.3) is 0 Å². The average Bonchev–Trinajstić information content (AvgIpc) is 2.23. The lowest BCUT2D eigenvalue weighted by Gasteiger charge is -2.56. The lowest BCUT2D eigenvalue weighted by Crippen LogP contribution is -2.59. The van der Waals surface area contributed by atoms with Crippen LogP contribution < -0.4 is 0 Å². The summed E-state index contributed by atoms with van der Waals surface area (Å²) in [7, 11) is 1.66. The molecule has 2 bridgehead atoms. The molecule has 0 aromatic heterocycles. The van der Waals surface area contributed by atoms with E-state index in [4.69, 9.17) is 4.74 Å². The van der Waals surface area contributed by atoms with Crippen LogP contribution in [0.1, 0.15) is 33.6 Å². The molecule has 3 aliphatic rings. The van der Waals surface area contributed by atoms with Gasteiger partial charge in [-0.15, -0.1) is 0 Å². The Balaban J connectivity index is 2.46. The Morgan fingerprint density at radius 3 is 2.69 bits per heavy atom. The quantitative estimate of drug-likeness (QED) is 0.528. The molecule has 2 nitrogen and oxygen atoms in total. The number of hydrogen-bond acceptors (Lipinski definition) is 2. The van der Waals surface area contributed by atoms with Crippen molar-refractivity contribution in [2.75, 3.05) is 7.11 Å². The SMILES string of the molecule is CO/C=C1\CC[C@H]2C(=O)[C@]1(C=C(C)C)[C@H]2C. The van der Waals surface area contributed by atoms with Gasteiger partial charge in [-0.25, -0.2) is 0 Å². The van der Waals surface area contributed by atoms with Gasteiger partial charge in [0.25, 0.3) is 0 Å². The Morgan fingerprint density at radius 1 is 1.50 bits per heavy atom. The fourth-order valence-corrected chi connectivity index (χ4v) is 3.38. The van der Waals surface area contributed by atoms with E-state index in [1.54, 1.807) is 13.4 Å². The summed E-state index contributed by atoms with van der Waals surface area (Å²) in [5.74, 6) is 1.12. The van der Waals surface area contributed by atoms with Gasteiger partial charge in [0.05, 0.1) is 18.8 Å². The van der Waals surface area contributed by atoms with Crippen molar-refractivity contribution in [2.24, 2.45) is 17.3 Å². The molecule has 16 heavy (non-hydrogen) atoms. The number of methoxy groups -OCH3 is 1. The maximum Gasteiger partial charge on any atom is 0.150 e. The van der Waals surface area contributed by atoms with Gasteiger partial charge in [-0.1, -0.05) is 18.6 Å². The second-order valence-electron chi connectivity index (χ2n) is 5.27. The first kappa shape index (κ1) is 11.4. The van der Waals surface area contributed by atoms with Crippen LogP contribution in [0.2, 0.25) is 0 Å². The minimum atomic E-state index is -0.336. The molecule has 0 saturated heterocycles. The lowest BCUT2D eigenvalue weighted by molar-refractivity contribution is -0.150. The van der Waals surface area contributed by atoms with E-state index in [0.29, 0.717) is 11.7 Å². The molecule has 3 atom stereocenters. The summed E-state index contributed by atoms with van der Waals surface area (Å²) in [5, 5.41) is 0. The van der Waals surface area contributed by atoms with Crippen LogP contribution in [0.5, 0.6) is 0 Å². The van der Waals surface area contributed by atoms with Crippen molar-refractivity contribution in [3.8, 4) is 0 Å². The van der Waals surface area contributed by atoms with Crippen LogP contribution in [-0.4, -0.2) is 12.9 Å². The van der Waals surface area contributed by atoms with Crippen molar-refractivity contribution in [2.45, 2.75) is 33.6 Å². The van der Waals surface area contributed by atoms with Crippen LogP contribution in [0.4, 0.5) is 0 Å². The van der Waals surface area contributed by atoms with Crippen LogP contribution in [0.15, 0.2) is 23.5 Å². The van der Waals surface area contributed by atoms with Crippen LogP contribution in [0.3, 0.4) is 0 Å².